The first-order valence-electron chi connectivity index (χ1n) is 11.6. The Labute approximate surface area is 189 Å². The minimum absolute atomic E-state index is 0.214. The van der Waals surface area contributed by atoms with Crippen LogP contribution in [0.2, 0.25) is 0 Å². The van der Waals surface area contributed by atoms with Crippen LogP contribution < -0.4 is 0 Å². The van der Waals surface area contributed by atoms with Crippen molar-refractivity contribution in [3.05, 3.63) is 35.6 Å². The summed E-state index contributed by atoms with van der Waals surface area (Å²) in [4.78, 5) is 38.5. The molecule has 0 aromatic rings. The molecule has 3 rings (SSSR count). The van der Waals surface area contributed by atoms with E-state index in [-0.39, 0.29) is 11.5 Å². The molecule has 1 saturated heterocycles. The number of nitrogens with zero attached hydrogens (tertiary/aromatic N) is 1. The molecule has 1 aliphatic heterocycles. The van der Waals surface area contributed by atoms with Gasteiger partial charge in [-0.2, -0.15) is 0 Å². The van der Waals surface area contributed by atoms with Crippen LogP contribution in [0.4, 0.5) is 0 Å². The quantitative estimate of drug-likeness (QED) is 0.250. The first kappa shape index (κ1) is 24.2. The maximum Gasteiger partial charge on any atom is 0.336 e. The molecule has 6 atom stereocenters. The van der Waals surface area contributed by atoms with Crippen LogP contribution in [0.15, 0.2) is 35.6 Å². The van der Waals surface area contributed by atoms with Gasteiger partial charge in [-0.05, 0) is 48.5 Å². The number of carboxylic acids is 1. The van der Waals surface area contributed by atoms with Gasteiger partial charge >= 0.3 is 5.97 Å². The molecule has 32 heavy (non-hydrogen) atoms. The van der Waals surface area contributed by atoms with E-state index in [1.165, 1.54) is 26.0 Å². The van der Waals surface area contributed by atoms with Gasteiger partial charge in [0.15, 0.2) is 11.4 Å². The molecule has 0 aromatic carbocycles. The molecule has 0 bridgehead atoms. The number of rotatable bonds is 6. The third-order valence-electron chi connectivity index (χ3n) is 7.75. The molecule has 1 saturated carbocycles. The molecule has 3 N–H and O–H groups in total. The van der Waals surface area contributed by atoms with Crippen LogP contribution in [0, 0.1) is 29.6 Å². The Bertz CT molecular complexity index is 872. The number of amides is 1. The van der Waals surface area contributed by atoms with Gasteiger partial charge in [0.2, 0.25) is 0 Å². The number of carboxylic acid groups (broad SMARTS) is 1. The summed E-state index contributed by atoms with van der Waals surface area (Å²) in [6.07, 6.45) is 12.1. The molecule has 2 unspecified atom stereocenters. The number of likely N-dealkylation sites (N-methyl/N-ethyl adjacent to an activating group) is 1. The minimum Gasteiger partial charge on any atom is -0.507 e. The molecule has 1 heterocycles. The van der Waals surface area contributed by atoms with Crippen LogP contribution in [-0.2, 0) is 14.4 Å². The Morgan fingerprint density at radius 3 is 2.50 bits per heavy atom. The molecule has 2 fully saturated rings. The van der Waals surface area contributed by atoms with E-state index in [0.717, 1.165) is 17.7 Å². The fraction of sp³-hybridized carbons (Fsp3) is 0.640. The van der Waals surface area contributed by atoms with Gasteiger partial charge in [-0.25, -0.2) is 4.79 Å². The maximum atomic E-state index is 13.0. The topological polar surface area (TPSA) is 115 Å². The Balaban J connectivity index is 1.85. The van der Waals surface area contributed by atoms with Gasteiger partial charge in [0.1, 0.15) is 11.3 Å². The molecule has 2 aliphatic carbocycles. The Morgan fingerprint density at radius 1 is 1.22 bits per heavy atom. The normalized spacial score (nSPS) is 34.2. The summed E-state index contributed by atoms with van der Waals surface area (Å²) in [6, 6.07) is -1.14. The average molecular weight is 446 g/mol. The molecule has 0 radical (unpaired) electrons. The van der Waals surface area contributed by atoms with Gasteiger partial charge in [-0.15, -0.1) is 0 Å². The van der Waals surface area contributed by atoms with Crippen LogP contribution in [0.1, 0.15) is 52.9 Å². The fourth-order valence-electron chi connectivity index (χ4n) is 5.44. The summed E-state index contributed by atoms with van der Waals surface area (Å²) in [5, 5.41) is 30.8. The number of aliphatic hydroxyl groups excluding tert-OH is 1. The molecule has 0 spiro atoms. The minimum atomic E-state index is -2.16. The predicted octanol–water partition coefficient (Wildman–Crippen LogP) is 3.25. The number of allylic oxidation sites excluding steroid dienone is 4. The van der Waals surface area contributed by atoms with Crippen molar-refractivity contribution in [3.8, 4) is 0 Å². The van der Waals surface area contributed by atoms with Crippen molar-refractivity contribution in [2.24, 2.45) is 29.6 Å². The van der Waals surface area contributed by atoms with Crippen molar-refractivity contribution in [1.29, 1.82) is 0 Å². The number of carbonyl (C=O) groups is 3. The van der Waals surface area contributed by atoms with E-state index in [2.05, 4.69) is 19.1 Å². The zero-order valence-corrected chi connectivity index (χ0v) is 19.3. The second-order valence-electron chi connectivity index (χ2n) is 9.94. The van der Waals surface area contributed by atoms with Crippen molar-refractivity contribution >= 4 is 17.7 Å². The molecule has 7 heteroatoms. The molecule has 7 nitrogen and oxygen atoms in total. The molecule has 0 aromatic heterocycles. The number of carbonyl (C=O) groups excluding carboxylic acids is 2. The second-order valence-corrected chi connectivity index (χ2v) is 9.94. The number of aliphatic carboxylic acids is 1. The summed E-state index contributed by atoms with van der Waals surface area (Å²) in [5.41, 5.74) is -2.50. The van der Waals surface area contributed by atoms with E-state index in [1.807, 2.05) is 6.08 Å². The highest BCUT2D eigenvalue weighted by Crippen LogP contribution is 2.43. The van der Waals surface area contributed by atoms with Gasteiger partial charge in [0, 0.05) is 13.5 Å². The summed E-state index contributed by atoms with van der Waals surface area (Å²) in [6.45, 7) is 5.23. The van der Waals surface area contributed by atoms with E-state index < -0.39 is 47.4 Å². The van der Waals surface area contributed by atoms with Crippen LogP contribution in [0.3, 0.4) is 0 Å². The van der Waals surface area contributed by atoms with E-state index in [9.17, 15) is 29.7 Å². The standard InChI is InChI=1S/C25H35NO6/c1-14(2)25(32,24(30)31)13-19-22(28)21(23(29)26(19)4)20(27)12-11-17-15(3)9-10-16-7-5-6-8-18(16)17/h9-12,14-19,27,32H,5-8,13H2,1-4H3,(H,30,31)/b12-11+,21-20?/t15-,16+,17-,18-,19?,25?/m0/s1. The van der Waals surface area contributed by atoms with Gasteiger partial charge in [0.05, 0.1) is 6.04 Å². The predicted molar refractivity (Wildman–Crippen MR) is 120 cm³/mol. The average Bonchev–Trinajstić information content (AvgIpc) is 2.95. The van der Waals surface area contributed by atoms with Crippen LogP contribution in [-0.4, -0.2) is 56.6 Å². The van der Waals surface area contributed by atoms with Crippen molar-refractivity contribution in [3.63, 3.8) is 0 Å². The SMILES string of the molecule is CC(C)C(O)(CC1C(=O)C(=C(O)/C=C/[C@@H]2[C@H]3CCCC[C@@H]3C=C[C@@H]2C)C(=O)N1C)C(=O)O. The maximum absolute atomic E-state index is 13.0. The van der Waals surface area contributed by atoms with Crippen molar-refractivity contribution in [2.45, 2.75) is 64.5 Å². The number of aliphatic hydroxyl groups is 2. The van der Waals surface area contributed by atoms with Crippen LogP contribution in [0.5, 0.6) is 0 Å². The third kappa shape index (κ3) is 4.27. The van der Waals surface area contributed by atoms with Crippen molar-refractivity contribution in [1.82, 2.24) is 4.90 Å². The van der Waals surface area contributed by atoms with E-state index >= 15 is 0 Å². The van der Waals surface area contributed by atoms with Gasteiger partial charge < -0.3 is 20.2 Å². The number of fused-ring (bicyclic) bond motifs is 1. The summed E-state index contributed by atoms with van der Waals surface area (Å²) >= 11 is 0. The summed E-state index contributed by atoms with van der Waals surface area (Å²) in [5.74, 6) is -2.30. The van der Waals surface area contributed by atoms with E-state index in [1.54, 1.807) is 13.8 Å². The van der Waals surface area contributed by atoms with Gasteiger partial charge in [-0.3, -0.25) is 9.59 Å². The molecular formula is C25H35NO6. The Morgan fingerprint density at radius 2 is 1.88 bits per heavy atom. The highest BCUT2D eigenvalue weighted by molar-refractivity contribution is 6.27. The van der Waals surface area contributed by atoms with Crippen molar-refractivity contribution < 1.29 is 29.7 Å². The van der Waals surface area contributed by atoms with Crippen LogP contribution >= 0.6 is 0 Å². The Kier molecular flexibility index (Phi) is 6.98. The number of hydrogen-bond acceptors (Lipinski definition) is 5. The fourth-order valence-corrected chi connectivity index (χ4v) is 5.44. The molecule has 3 aliphatic rings. The second kappa shape index (κ2) is 9.22. The van der Waals surface area contributed by atoms with Crippen LogP contribution in [0.25, 0.3) is 0 Å². The van der Waals surface area contributed by atoms with E-state index in [4.69, 9.17) is 0 Å². The lowest BCUT2D eigenvalue weighted by atomic mass is 9.65. The zero-order chi connectivity index (χ0) is 23.8. The number of Topliss-reactive ketones (excluding diaryl/α,β-unsaturated/α-hetero) is 1. The van der Waals surface area contributed by atoms with Gasteiger partial charge in [-0.1, -0.05) is 51.8 Å². The number of ketones is 1. The smallest absolute Gasteiger partial charge is 0.336 e. The highest BCUT2D eigenvalue weighted by Gasteiger charge is 2.50. The lowest BCUT2D eigenvalue weighted by Crippen LogP contribution is -2.49. The molecule has 176 valence electrons. The Hall–Kier alpha value is -2.41. The first-order valence-corrected chi connectivity index (χ1v) is 11.6. The lowest BCUT2D eigenvalue weighted by molar-refractivity contribution is -0.166. The van der Waals surface area contributed by atoms with Gasteiger partial charge in [0.25, 0.3) is 5.91 Å². The third-order valence-corrected chi connectivity index (χ3v) is 7.75. The summed E-state index contributed by atoms with van der Waals surface area (Å²) < 4.78 is 0. The van der Waals surface area contributed by atoms with Crippen molar-refractivity contribution in [2.75, 3.05) is 7.05 Å². The van der Waals surface area contributed by atoms with E-state index in [0.29, 0.717) is 17.8 Å². The zero-order valence-electron chi connectivity index (χ0n) is 19.3. The number of likely N-dealkylation sites (tertiary alicyclic amines) is 1. The highest BCUT2D eigenvalue weighted by atomic mass is 16.4. The first-order chi connectivity index (χ1) is 15.0. The monoisotopic (exact) mass is 445 g/mol. The molecular weight excluding hydrogens is 410 g/mol. The molecule has 1 amide bonds. The summed E-state index contributed by atoms with van der Waals surface area (Å²) in [7, 11) is 1.39. The number of hydrogen-bond donors (Lipinski definition) is 3. The lowest BCUT2D eigenvalue weighted by Gasteiger charge is -2.40. The largest absolute Gasteiger partial charge is 0.507 e.